The fourth-order valence-electron chi connectivity index (χ4n) is 7.41. The van der Waals surface area contributed by atoms with Crippen LogP contribution in [0, 0.1) is 28.6 Å². The molecule has 0 unspecified atom stereocenters. The third-order valence-electron chi connectivity index (χ3n) is 9.07. The van der Waals surface area contributed by atoms with Crippen LogP contribution in [0.4, 0.5) is 0 Å². The van der Waals surface area contributed by atoms with Crippen LogP contribution in [0.15, 0.2) is 23.8 Å². The Hall–Kier alpha value is -1.35. The molecule has 0 spiro atoms. The van der Waals surface area contributed by atoms with Crippen molar-refractivity contribution in [1.29, 1.82) is 0 Å². The number of fused-ring (bicyclic) bond motifs is 5. The number of aliphatic hydroxyl groups excluding tert-OH is 2. The van der Waals surface area contributed by atoms with Gasteiger partial charge in [-0.2, -0.15) is 0 Å². The van der Waals surface area contributed by atoms with Crippen molar-refractivity contribution in [3.8, 4) is 0 Å². The van der Waals surface area contributed by atoms with Crippen LogP contribution in [0.5, 0.6) is 0 Å². The summed E-state index contributed by atoms with van der Waals surface area (Å²) in [4.78, 5) is 36.4. The number of esters is 1. The lowest BCUT2D eigenvalue weighted by atomic mass is 9.45. The fourth-order valence-corrected chi connectivity index (χ4v) is 8.58. The molecule has 3 saturated carbocycles. The van der Waals surface area contributed by atoms with E-state index in [4.69, 9.17) is 4.74 Å². The minimum atomic E-state index is -1.81. The van der Waals surface area contributed by atoms with E-state index in [9.17, 15) is 29.7 Å². The van der Waals surface area contributed by atoms with Gasteiger partial charge in [-0.05, 0) is 43.3 Å². The van der Waals surface area contributed by atoms with Crippen LogP contribution < -0.4 is 0 Å². The van der Waals surface area contributed by atoms with Crippen molar-refractivity contribution in [3.05, 3.63) is 23.8 Å². The number of aliphatic hydroxyl groups is 3. The Morgan fingerprint density at radius 1 is 1.28 bits per heavy atom. The highest BCUT2D eigenvalue weighted by atomic mass is 79.9. The topological polar surface area (TPSA) is 121 Å². The van der Waals surface area contributed by atoms with Gasteiger partial charge in [0.1, 0.15) is 5.60 Å². The summed E-state index contributed by atoms with van der Waals surface area (Å²) in [6, 6.07) is 0. The molecule has 3 N–H and O–H groups in total. The monoisotopic (exact) mass is 510 g/mol. The average Bonchev–Trinajstić information content (AvgIpc) is 2.89. The molecule has 0 aromatic carbocycles. The minimum Gasteiger partial charge on any atom is -0.458 e. The summed E-state index contributed by atoms with van der Waals surface area (Å²) < 4.78 is 3.93. The predicted molar refractivity (Wildman–Crippen MR) is 119 cm³/mol. The van der Waals surface area contributed by atoms with E-state index < -0.39 is 63.2 Å². The van der Waals surface area contributed by atoms with Gasteiger partial charge in [-0.3, -0.25) is 14.4 Å². The zero-order valence-electron chi connectivity index (χ0n) is 18.8. The molecule has 0 heterocycles. The lowest BCUT2D eigenvalue weighted by molar-refractivity contribution is -0.188. The number of hydrogen-bond acceptors (Lipinski definition) is 7. The van der Waals surface area contributed by atoms with Gasteiger partial charge >= 0.3 is 5.97 Å². The zero-order chi connectivity index (χ0) is 23.9. The molecule has 9 atom stereocenters. The first-order valence-corrected chi connectivity index (χ1v) is 11.9. The summed E-state index contributed by atoms with van der Waals surface area (Å²) in [5, 5.41) is 34.7. The van der Waals surface area contributed by atoms with Crippen LogP contribution in [0.3, 0.4) is 0 Å². The van der Waals surface area contributed by atoms with Crippen molar-refractivity contribution in [3.63, 3.8) is 0 Å². The fraction of sp³-hybridized carbons (Fsp3) is 0.708. The Balaban J connectivity index is 1.80. The number of alkyl halides is 1. The van der Waals surface area contributed by atoms with E-state index in [1.165, 1.54) is 13.0 Å². The molecule has 0 radical (unpaired) electrons. The number of hydrogen-bond donors (Lipinski definition) is 3. The molecular formula is C24H31BrO7. The van der Waals surface area contributed by atoms with Crippen LogP contribution in [-0.4, -0.2) is 61.6 Å². The van der Waals surface area contributed by atoms with E-state index in [-0.39, 0.29) is 24.5 Å². The van der Waals surface area contributed by atoms with Gasteiger partial charge in [0, 0.05) is 23.7 Å². The van der Waals surface area contributed by atoms with Crippen LogP contribution in [0.2, 0.25) is 0 Å². The first kappa shape index (κ1) is 23.8. The molecule has 0 amide bonds. The number of carbonyl (C=O) groups excluding carboxylic acids is 3. The van der Waals surface area contributed by atoms with Crippen LogP contribution in [-0.2, 0) is 19.1 Å². The third kappa shape index (κ3) is 2.79. The summed E-state index contributed by atoms with van der Waals surface area (Å²) in [6.45, 7) is 6.22. The molecule has 4 aliphatic rings. The largest absolute Gasteiger partial charge is 0.458 e. The van der Waals surface area contributed by atoms with Gasteiger partial charge in [0.05, 0.1) is 16.5 Å². The van der Waals surface area contributed by atoms with Crippen LogP contribution >= 0.6 is 15.9 Å². The number of ether oxygens (including phenoxy) is 1. The molecule has 4 aliphatic carbocycles. The molecule has 7 nitrogen and oxygen atoms in total. The molecule has 0 bridgehead atoms. The first-order chi connectivity index (χ1) is 14.7. The van der Waals surface area contributed by atoms with Crippen molar-refractivity contribution >= 4 is 33.5 Å². The second-order valence-electron chi connectivity index (χ2n) is 10.5. The Morgan fingerprint density at radius 2 is 1.94 bits per heavy atom. The van der Waals surface area contributed by atoms with E-state index >= 15 is 0 Å². The van der Waals surface area contributed by atoms with E-state index in [2.05, 4.69) is 15.9 Å². The summed E-state index contributed by atoms with van der Waals surface area (Å²) in [7, 11) is 0. The maximum atomic E-state index is 13.2. The highest BCUT2D eigenvalue weighted by molar-refractivity contribution is 9.10. The van der Waals surface area contributed by atoms with E-state index in [1.807, 2.05) is 6.92 Å². The molecule has 3 fully saturated rings. The summed E-state index contributed by atoms with van der Waals surface area (Å²) in [5.41, 5.74) is -2.78. The molecule has 32 heavy (non-hydrogen) atoms. The lowest BCUT2D eigenvalue weighted by Gasteiger charge is -2.65. The summed E-state index contributed by atoms with van der Waals surface area (Å²) in [5.74, 6) is -2.55. The Bertz CT molecular complexity index is 943. The Kier molecular flexibility index (Phi) is 5.45. The van der Waals surface area contributed by atoms with Crippen molar-refractivity contribution in [2.75, 3.05) is 6.61 Å². The number of allylic oxidation sites excluding steroid dienone is 3. The minimum absolute atomic E-state index is 0.115. The van der Waals surface area contributed by atoms with Crippen LogP contribution in [0.1, 0.15) is 47.0 Å². The summed E-state index contributed by atoms with van der Waals surface area (Å²) >= 11 is 3.85. The number of rotatable bonds is 3. The van der Waals surface area contributed by atoms with Crippen molar-refractivity contribution in [1.82, 2.24) is 0 Å². The van der Waals surface area contributed by atoms with Gasteiger partial charge in [-0.1, -0.05) is 48.4 Å². The number of halogens is 1. The molecule has 8 heteroatoms. The molecule has 176 valence electrons. The molecular weight excluding hydrogens is 480 g/mol. The average molecular weight is 511 g/mol. The van der Waals surface area contributed by atoms with Gasteiger partial charge in [0.25, 0.3) is 0 Å². The number of carbonyl (C=O) groups is 3. The quantitative estimate of drug-likeness (QED) is 0.391. The molecule has 0 aliphatic heterocycles. The van der Waals surface area contributed by atoms with Gasteiger partial charge in [0.15, 0.2) is 12.4 Å². The number of ketones is 2. The van der Waals surface area contributed by atoms with Crippen LogP contribution in [0.25, 0.3) is 0 Å². The highest BCUT2D eigenvalue weighted by Gasteiger charge is 2.75. The lowest BCUT2D eigenvalue weighted by Crippen LogP contribution is -2.71. The Labute approximate surface area is 196 Å². The Morgan fingerprint density at radius 3 is 2.56 bits per heavy atom. The predicted octanol–water partition coefficient (Wildman–Crippen LogP) is 1.86. The third-order valence-corrected chi connectivity index (χ3v) is 10.9. The van der Waals surface area contributed by atoms with Crippen molar-refractivity contribution < 1.29 is 34.4 Å². The van der Waals surface area contributed by atoms with Gasteiger partial charge in [0.2, 0.25) is 5.78 Å². The summed E-state index contributed by atoms with van der Waals surface area (Å²) in [6.07, 6.45) is 3.82. The van der Waals surface area contributed by atoms with Crippen molar-refractivity contribution in [2.24, 2.45) is 28.6 Å². The van der Waals surface area contributed by atoms with Gasteiger partial charge < -0.3 is 20.1 Å². The molecule has 0 saturated heterocycles. The van der Waals surface area contributed by atoms with Gasteiger partial charge in [-0.25, -0.2) is 0 Å². The molecule has 0 aromatic rings. The van der Waals surface area contributed by atoms with Crippen molar-refractivity contribution in [2.45, 2.75) is 69.1 Å². The SMILES string of the molecule is CC(=O)OCC(=O)[C@@]1(O)[C@H](C)C[C@H]2[C@@H]3[C@@H](O)CC4=CC(=O)C=C[C@]4(C)[C@@]3(Br)[C@@H](O)C[C@@]21C. The van der Waals surface area contributed by atoms with E-state index in [1.54, 1.807) is 26.0 Å². The second-order valence-corrected chi connectivity index (χ2v) is 11.8. The van der Waals surface area contributed by atoms with Gasteiger partial charge in [-0.15, -0.1) is 0 Å². The molecule has 4 rings (SSSR count). The second kappa shape index (κ2) is 7.32. The highest BCUT2D eigenvalue weighted by Crippen LogP contribution is 2.71. The maximum absolute atomic E-state index is 13.2. The normalized spacial score (nSPS) is 49.6. The first-order valence-electron chi connectivity index (χ1n) is 11.1. The number of Topliss-reactive ketones (excluding diaryl/α,β-unsaturated/α-hetero) is 1. The zero-order valence-corrected chi connectivity index (χ0v) is 20.4. The molecule has 0 aromatic heterocycles. The standard InChI is InChI=1S/C24H31BrO7/c1-12-7-16-20-17(28)9-14-8-15(27)5-6-21(14,3)23(20,25)18(29)10-22(16,4)24(12,31)19(30)11-32-13(2)26/h5-6,8,12,16-18,20,28-29,31H,7,9-11H2,1-4H3/t12-,16+,17+,18+,20-,21+,22+,23-,24+/m1/s1. The maximum Gasteiger partial charge on any atom is 0.303 e. The smallest absolute Gasteiger partial charge is 0.303 e. The van der Waals surface area contributed by atoms with E-state index in [0.29, 0.717) is 6.42 Å². The van der Waals surface area contributed by atoms with E-state index in [0.717, 1.165) is 5.57 Å².